The molecule has 4 rings (SSSR count). The summed E-state index contributed by atoms with van der Waals surface area (Å²) in [5, 5.41) is 6.44. The molecule has 12 heteroatoms. The largest absolute Gasteiger partial charge is 0.416 e. The number of hydrogen-bond acceptors (Lipinski definition) is 5. The molecule has 2 aromatic heterocycles. The van der Waals surface area contributed by atoms with Gasteiger partial charge in [0.2, 0.25) is 5.95 Å². The van der Waals surface area contributed by atoms with Crippen LogP contribution in [0.25, 0.3) is 0 Å². The molecule has 8 nitrogen and oxygen atoms in total. The molecule has 0 bridgehead atoms. The number of nitrogens with one attached hydrogen (secondary N) is 1. The van der Waals surface area contributed by atoms with Gasteiger partial charge in [-0.25, -0.2) is 0 Å². The van der Waals surface area contributed by atoms with Crippen LogP contribution in [-0.4, -0.2) is 38.1 Å². The van der Waals surface area contributed by atoms with Gasteiger partial charge in [-0.2, -0.15) is 27.6 Å². The number of alkyl halides is 3. The monoisotopic (exact) mass is 434 g/mol. The molecule has 31 heavy (non-hydrogen) atoms. The van der Waals surface area contributed by atoms with E-state index in [-0.39, 0.29) is 35.3 Å². The van der Waals surface area contributed by atoms with Crippen molar-refractivity contribution >= 4 is 23.3 Å². The van der Waals surface area contributed by atoms with Gasteiger partial charge < -0.3 is 10.2 Å². The highest BCUT2D eigenvalue weighted by molar-refractivity contribution is 6.15. The highest BCUT2D eigenvalue weighted by Crippen LogP contribution is 2.32. The summed E-state index contributed by atoms with van der Waals surface area (Å²) in [6.45, 7) is 1.90. The lowest BCUT2D eigenvalue weighted by Crippen LogP contribution is -2.43. The Morgan fingerprint density at radius 1 is 1.16 bits per heavy atom. The van der Waals surface area contributed by atoms with Crippen molar-refractivity contribution in [2.45, 2.75) is 19.1 Å². The molecule has 2 amide bonds. The fraction of sp³-hybridized carbons (Fsp3) is 0.211. The van der Waals surface area contributed by atoms with Gasteiger partial charge in [-0.05, 0) is 31.2 Å². The number of hydrogen-bond donors (Lipinski definition) is 1. The van der Waals surface area contributed by atoms with Gasteiger partial charge in [0.15, 0.2) is 5.82 Å². The third-order valence-electron chi connectivity index (χ3n) is 4.71. The van der Waals surface area contributed by atoms with E-state index in [0.29, 0.717) is 0 Å². The van der Waals surface area contributed by atoms with E-state index in [1.165, 1.54) is 27.9 Å². The van der Waals surface area contributed by atoms with Crippen LogP contribution in [0, 0.1) is 5.95 Å². The first-order valence-corrected chi connectivity index (χ1v) is 9.00. The topological polar surface area (TPSA) is 93.0 Å². The molecule has 1 aliphatic rings. The van der Waals surface area contributed by atoms with Crippen molar-refractivity contribution < 1.29 is 27.2 Å². The number of anilines is 2. The summed E-state index contributed by atoms with van der Waals surface area (Å²) < 4.78 is 53.1. The Morgan fingerprint density at radius 2 is 1.87 bits per heavy atom. The van der Waals surface area contributed by atoms with Crippen LogP contribution in [0.2, 0.25) is 0 Å². The van der Waals surface area contributed by atoms with Crippen molar-refractivity contribution in [1.82, 2.24) is 19.7 Å². The number of nitrogens with zero attached hydrogens (tertiary/aromatic N) is 5. The molecule has 0 saturated heterocycles. The Hall–Kier alpha value is -3.83. The molecule has 0 unspecified atom stereocenters. The molecule has 0 radical (unpaired) electrons. The van der Waals surface area contributed by atoms with Crippen LogP contribution in [-0.2, 0) is 6.18 Å². The molecule has 0 saturated carbocycles. The number of aromatic nitrogens is 4. The van der Waals surface area contributed by atoms with E-state index in [1.807, 2.05) is 0 Å². The summed E-state index contributed by atoms with van der Waals surface area (Å²) >= 11 is 0. The predicted molar refractivity (Wildman–Crippen MR) is 100 cm³/mol. The van der Waals surface area contributed by atoms with Crippen LogP contribution in [0.3, 0.4) is 0 Å². The van der Waals surface area contributed by atoms with E-state index in [1.54, 1.807) is 6.92 Å². The standard InChI is InChI=1S/C19H14F4N6O2/c1-10-9-28(12-4-2-11(3-5-12)19(21,22)23)18(31)16-13(6-25-29(10)16)17(30)27-15-8-24-7-14(20)26-15/h2-8,10H,9H2,1H3,(H,26,27,30)/t10-/m0/s1. The minimum Gasteiger partial charge on any atom is -0.305 e. The molecule has 1 atom stereocenters. The molecular weight excluding hydrogens is 420 g/mol. The quantitative estimate of drug-likeness (QED) is 0.639. The van der Waals surface area contributed by atoms with Gasteiger partial charge >= 0.3 is 6.18 Å². The van der Waals surface area contributed by atoms with Gasteiger partial charge in [-0.3, -0.25) is 19.3 Å². The molecule has 3 aromatic rings. The highest BCUT2D eigenvalue weighted by Gasteiger charge is 2.36. The first-order chi connectivity index (χ1) is 14.6. The minimum atomic E-state index is -4.50. The van der Waals surface area contributed by atoms with Crippen LogP contribution >= 0.6 is 0 Å². The maximum Gasteiger partial charge on any atom is 0.416 e. The first-order valence-electron chi connectivity index (χ1n) is 9.00. The summed E-state index contributed by atoms with van der Waals surface area (Å²) in [6, 6.07) is 3.80. The fourth-order valence-electron chi connectivity index (χ4n) is 3.27. The smallest absolute Gasteiger partial charge is 0.305 e. The van der Waals surface area contributed by atoms with Gasteiger partial charge in [-0.15, -0.1) is 0 Å². The maximum atomic E-state index is 13.2. The minimum absolute atomic E-state index is 0.0412. The summed E-state index contributed by atoms with van der Waals surface area (Å²) in [5.41, 5.74) is -0.713. The van der Waals surface area contributed by atoms with E-state index in [4.69, 9.17) is 0 Å². The maximum absolute atomic E-state index is 13.2. The van der Waals surface area contributed by atoms with Crippen molar-refractivity contribution in [3.63, 3.8) is 0 Å². The Bertz CT molecular complexity index is 1160. The second-order valence-electron chi connectivity index (χ2n) is 6.84. The second kappa shape index (κ2) is 7.45. The number of carbonyl (C=O) groups is 2. The highest BCUT2D eigenvalue weighted by atomic mass is 19.4. The molecular formula is C19H14F4N6O2. The molecule has 0 fully saturated rings. The Kier molecular flexibility index (Phi) is 4.91. The number of fused-ring (bicyclic) bond motifs is 1. The molecule has 3 heterocycles. The zero-order valence-corrected chi connectivity index (χ0v) is 15.9. The Balaban J connectivity index is 1.65. The Morgan fingerprint density at radius 3 is 2.52 bits per heavy atom. The van der Waals surface area contributed by atoms with E-state index in [0.717, 1.165) is 24.5 Å². The number of rotatable bonds is 3. The van der Waals surface area contributed by atoms with Crippen LogP contribution in [0.4, 0.5) is 29.1 Å². The average Bonchev–Trinajstić information content (AvgIpc) is 3.16. The van der Waals surface area contributed by atoms with E-state index in [9.17, 15) is 27.2 Å². The van der Waals surface area contributed by atoms with Crippen LogP contribution < -0.4 is 10.2 Å². The lowest BCUT2D eigenvalue weighted by Gasteiger charge is -2.32. The lowest BCUT2D eigenvalue weighted by atomic mass is 10.1. The number of halogens is 4. The van der Waals surface area contributed by atoms with E-state index < -0.39 is 29.5 Å². The zero-order valence-electron chi connectivity index (χ0n) is 15.9. The van der Waals surface area contributed by atoms with E-state index in [2.05, 4.69) is 20.4 Å². The summed E-state index contributed by atoms with van der Waals surface area (Å²) in [6.07, 6.45) is -1.30. The van der Waals surface area contributed by atoms with Crippen LogP contribution in [0.5, 0.6) is 0 Å². The third kappa shape index (κ3) is 3.83. The summed E-state index contributed by atoms with van der Waals surface area (Å²) in [4.78, 5) is 34.1. The molecule has 0 aliphatic carbocycles. The lowest BCUT2D eigenvalue weighted by molar-refractivity contribution is -0.137. The zero-order chi connectivity index (χ0) is 22.3. The molecule has 0 spiro atoms. The van der Waals surface area contributed by atoms with Gasteiger partial charge in [0.25, 0.3) is 11.8 Å². The molecule has 1 aliphatic heterocycles. The second-order valence-corrected chi connectivity index (χ2v) is 6.84. The van der Waals surface area contributed by atoms with Gasteiger partial charge in [0, 0.05) is 12.2 Å². The van der Waals surface area contributed by atoms with Gasteiger partial charge in [0.1, 0.15) is 5.69 Å². The predicted octanol–water partition coefficient (Wildman–Crippen LogP) is 3.30. The van der Waals surface area contributed by atoms with Gasteiger partial charge in [0.05, 0.1) is 35.8 Å². The molecule has 160 valence electrons. The fourth-order valence-corrected chi connectivity index (χ4v) is 3.27. The molecule has 1 N–H and O–H groups in total. The Labute approximate surface area is 172 Å². The van der Waals surface area contributed by atoms with Crippen molar-refractivity contribution in [3.8, 4) is 0 Å². The van der Waals surface area contributed by atoms with Crippen molar-refractivity contribution in [3.05, 3.63) is 65.6 Å². The summed E-state index contributed by atoms with van der Waals surface area (Å²) in [7, 11) is 0. The first kappa shape index (κ1) is 20.4. The normalized spacial score (nSPS) is 16.2. The van der Waals surface area contributed by atoms with E-state index >= 15 is 0 Å². The SMILES string of the molecule is C[C@H]1CN(c2ccc(C(F)(F)F)cc2)C(=O)c2c(C(=O)Nc3cncc(F)n3)cnn21. The van der Waals surface area contributed by atoms with Crippen molar-refractivity contribution in [1.29, 1.82) is 0 Å². The number of carbonyl (C=O) groups excluding carboxylic acids is 2. The number of amides is 2. The summed E-state index contributed by atoms with van der Waals surface area (Å²) in [5.74, 6) is -2.41. The third-order valence-corrected chi connectivity index (χ3v) is 4.71. The van der Waals surface area contributed by atoms with Crippen LogP contribution in [0.15, 0.2) is 42.9 Å². The van der Waals surface area contributed by atoms with Crippen LogP contribution in [0.1, 0.15) is 39.4 Å². The average molecular weight is 434 g/mol. The number of benzene rings is 1. The van der Waals surface area contributed by atoms with Crippen molar-refractivity contribution in [2.24, 2.45) is 0 Å². The molecule has 1 aromatic carbocycles. The van der Waals surface area contributed by atoms with Gasteiger partial charge in [-0.1, -0.05) is 0 Å². The van der Waals surface area contributed by atoms with Crippen molar-refractivity contribution in [2.75, 3.05) is 16.8 Å².